The topological polar surface area (TPSA) is 110 Å². The van der Waals surface area contributed by atoms with Gasteiger partial charge in [0.25, 0.3) is 5.56 Å². The van der Waals surface area contributed by atoms with E-state index in [9.17, 15) is 19.8 Å². The summed E-state index contributed by atoms with van der Waals surface area (Å²) in [6.07, 6.45) is 13.6. The maximum absolute atomic E-state index is 13.5. The highest BCUT2D eigenvalue weighted by molar-refractivity contribution is 6.03. The van der Waals surface area contributed by atoms with Crippen LogP contribution in [0.3, 0.4) is 0 Å². The van der Waals surface area contributed by atoms with Crippen LogP contribution in [0, 0.1) is 0 Å². The Morgan fingerprint density at radius 3 is 2.37 bits per heavy atom. The number of hydrogen-bond acceptors (Lipinski definition) is 6. The van der Waals surface area contributed by atoms with E-state index in [0.29, 0.717) is 41.1 Å². The predicted octanol–water partition coefficient (Wildman–Crippen LogP) is 7.39. The van der Waals surface area contributed by atoms with E-state index in [2.05, 4.69) is 19.2 Å². The molecule has 3 N–H and O–H groups in total. The summed E-state index contributed by atoms with van der Waals surface area (Å²) in [6, 6.07) is 9.90. The fourth-order valence-electron chi connectivity index (χ4n) is 4.75. The quantitative estimate of drug-likeness (QED) is 0.116. The Bertz CT molecular complexity index is 1380. The first-order valence-corrected chi connectivity index (χ1v) is 14.8. The van der Waals surface area contributed by atoms with Crippen molar-refractivity contribution in [1.82, 2.24) is 4.57 Å². The molecule has 8 nitrogen and oxygen atoms in total. The van der Waals surface area contributed by atoms with Gasteiger partial charge in [-0.25, -0.2) is 0 Å². The first-order valence-electron chi connectivity index (χ1n) is 14.8. The van der Waals surface area contributed by atoms with Crippen LogP contribution in [0.2, 0.25) is 0 Å². The number of hydrogen-bond donors (Lipinski definition) is 3. The molecule has 1 heterocycles. The van der Waals surface area contributed by atoms with Gasteiger partial charge in [-0.1, -0.05) is 71.3 Å². The van der Waals surface area contributed by atoms with E-state index in [0.717, 1.165) is 44.9 Å². The Balaban J connectivity index is 1.81. The molecule has 0 unspecified atom stereocenters. The molecule has 0 atom stereocenters. The SMILES string of the molecule is CCCCCCCCOc1c(O)c2ccc(NC(=O)C=Cc3ccc(O)c(OC)c3)cc2n(CCCCCC)c1=O. The number of anilines is 1. The summed E-state index contributed by atoms with van der Waals surface area (Å²) in [5.41, 5.74) is 1.37. The van der Waals surface area contributed by atoms with Gasteiger partial charge in [-0.2, -0.15) is 0 Å². The zero-order chi connectivity index (χ0) is 29.6. The molecule has 222 valence electrons. The third kappa shape index (κ3) is 9.03. The van der Waals surface area contributed by atoms with Crippen LogP contribution in [0.25, 0.3) is 17.0 Å². The molecule has 0 saturated carbocycles. The normalized spacial score (nSPS) is 11.3. The zero-order valence-corrected chi connectivity index (χ0v) is 24.6. The van der Waals surface area contributed by atoms with E-state index in [1.807, 2.05) is 0 Å². The highest BCUT2D eigenvalue weighted by Crippen LogP contribution is 2.33. The first-order chi connectivity index (χ1) is 19.9. The third-order valence-electron chi connectivity index (χ3n) is 7.08. The molecule has 3 aromatic rings. The molecule has 0 saturated heterocycles. The molecule has 1 aromatic heterocycles. The van der Waals surface area contributed by atoms with Gasteiger partial charge in [0, 0.05) is 23.7 Å². The van der Waals surface area contributed by atoms with E-state index in [1.165, 1.54) is 38.5 Å². The number of carbonyl (C=O) groups is 1. The number of aromatic nitrogens is 1. The van der Waals surface area contributed by atoms with Crippen molar-refractivity contribution in [2.75, 3.05) is 19.0 Å². The molecule has 2 aromatic carbocycles. The average molecular weight is 565 g/mol. The molecule has 1 amide bonds. The van der Waals surface area contributed by atoms with Crippen molar-refractivity contribution in [2.45, 2.75) is 84.6 Å². The van der Waals surface area contributed by atoms with Crippen molar-refractivity contribution >= 4 is 28.6 Å². The Labute approximate surface area is 242 Å². The van der Waals surface area contributed by atoms with Crippen molar-refractivity contribution < 1.29 is 24.5 Å². The molecule has 0 aliphatic carbocycles. The zero-order valence-electron chi connectivity index (χ0n) is 24.6. The number of phenols is 1. The number of carbonyl (C=O) groups excluding carboxylic acids is 1. The number of aryl methyl sites for hydroxylation is 1. The number of pyridine rings is 1. The van der Waals surface area contributed by atoms with Crippen LogP contribution < -0.4 is 20.3 Å². The Kier molecular flexibility index (Phi) is 12.6. The lowest BCUT2D eigenvalue weighted by molar-refractivity contribution is -0.111. The molecule has 8 heteroatoms. The van der Waals surface area contributed by atoms with Gasteiger partial charge in [-0.05, 0) is 54.8 Å². The summed E-state index contributed by atoms with van der Waals surface area (Å²) < 4.78 is 12.6. The first kappa shape index (κ1) is 31.6. The number of amides is 1. The highest BCUT2D eigenvalue weighted by atomic mass is 16.5. The second kappa shape index (κ2) is 16.4. The molecule has 0 fully saturated rings. The summed E-state index contributed by atoms with van der Waals surface area (Å²) in [5.74, 6) is -0.207. The molecule has 0 aliphatic rings. The predicted molar refractivity (Wildman–Crippen MR) is 165 cm³/mol. The second-order valence-corrected chi connectivity index (χ2v) is 10.3. The summed E-state index contributed by atoms with van der Waals surface area (Å²) in [6.45, 7) is 5.19. The largest absolute Gasteiger partial charge is 0.504 e. The molecule has 0 bridgehead atoms. The van der Waals surface area contributed by atoms with Gasteiger partial charge >= 0.3 is 0 Å². The maximum Gasteiger partial charge on any atom is 0.297 e. The summed E-state index contributed by atoms with van der Waals surface area (Å²) >= 11 is 0. The van der Waals surface area contributed by atoms with E-state index in [1.54, 1.807) is 41.0 Å². The lowest BCUT2D eigenvalue weighted by Crippen LogP contribution is -2.23. The van der Waals surface area contributed by atoms with Crippen LogP contribution in [-0.2, 0) is 11.3 Å². The lowest BCUT2D eigenvalue weighted by atomic mass is 10.1. The van der Waals surface area contributed by atoms with E-state index in [-0.39, 0.29) is 28.7 Å². The van der Waals surface area contributed by atoms with Gasteiger partial charge in [0.2, 0.25) is 11.7 Å². The maximum atomic E-state index is 13.5. The molecule has 3 rings (SSSR count). The van der Waals surface area contributed by atoms with Gasteiger partial charge in [-0.15, -0.1) is 0 Å². The number of benzene rings is 2. The Hall–Kier alpha value is -3.94. The number of ether oxygens (including phenoxy) is 2. The highest BCUT2D eigenvalue weighted by Gasteiger charge is 2.18. The van der Waals surface area contributed by atoms with Crippen molar-refractivity contribution in [3.8, 4) is 23.0 Å². The smallest absolute Gasteiger partial charge is 0.297 e. The van der Waals surface area contributed by atoms with Gasteiger partial charge < -0.3 is 29.6 Å². The van der Waals surface area contributed by atoms with Gasteiger partial charge in [0.05, 0.1) is 19.2 Å². The number of fused-ring (bicyclic) bond motifs is 1. The third-order valence-corrected chi connectivity index (χ3v) is 7.08. The molecular formula is C33H44N2O6. The van der Waals surface area contributed by atoms with Crippen LogP contribution in [0.15, 0.2) is 47.3 Å². The van der Waals surface area contributed by atoms with Gasteiger partial charge in [0.15, 0.2) is 17.2 Å². The van der Waals surface area contributed by atoms with Crippen molar-refractivity contribution in [1.29, 1.82) is 0 Å². The standard InChI is InChI=1S/C33H44N2O6/c1-4-6-8-10-11-13-21-41-32-31(38)26-17-16-25(23-27(26)35(33(32)39)20-12-9-7-5-2)34-30(37)19-15-24-14-18-28(36)29(22-24)40-3/h14-19,22-23,36,38H,4-13,20-21H2,1-3H3,(H,34,37). The van der Waals surface area contributed by atoms with Crippen LogP contribution in [0.1, 0.15) is 83.6 Å². The fourth-order valence-corrected chi connectivity index (χ4v) is 4.75. The molecule has 41 heavy (non-hydrogen) atoms. The Morgan fingerprint density at radius 1 is 0.927 bits per heavy atom. The van der Waals surface area contributed by atoms with E-state index >= 15 is 0 Å². The number of nitrogens with zero attached hydrogens (tertiary/aromatic N) is 1. The second-order valence-electron chi connectivity index (χ2n) is 10.3. The van der Waals surface area contributed by atoms with E-state index < -0.39 is 0 Å². The summed E-state index contributed by atoms with van der Waals surface area (Å²) in [7, 11) is 1.46. The minimum atomic E-state index is -0.364. The Morgan fingerprint density at radius 2 is 1.63 bits per heavy atom. The average Bonchev–Trinajstić information content (AvgIpc) is 2.97. The molecular weight excluding hydrogens is 520 g/mol. The van der Waals surface area contributed by atoms with E-state index in [4.69, 9.17) is 9.47 Å². The molecule has 0 aliphatic heterocycles. The number of nitrogens with one attached hydrogen (secondary N) is 1. The fraction of sp³-hybridized carbons (Fsp3) is 0.455. The minimum Gasteiger partial charge on any atom is -0.504 e. The molecule has 0 spiro atoms. The summed E-state index contributed by atoms with van der Waals surface area (Å²) in [5, 5.41) is 24.1. The van der Waals surface area contributed by atoms with Crippen LogP contribution >= 0.6 is 0 Å². The minimum absolute atomic E-state index is 0.00871. The number of aromatic hydroxyl groups is 2. The number of unbranched alkanes of at least 4 members (excludes halogenated alkanes) is 8. The summed E-state index contributed by atoms with van der Waals surface area (Å²) in [4.78, 5) is 26.2. The van der Waals surface area contributed by atoms with Crippen LogP contribution in [-0.4, -0.2) is 34.4 Å². The van der Waals surface area contributed by atoms with Crippen LogP contribution in [0.5, 0.6) is 23.0 Å². The van der Waals surface area contributed by atoms with Crippen molar-refractivity contribution in [2.24, 2.45) is 0 Å². The van der Waals surface area contributed by atoms with Gasteiger partial charge in [-0.3, -0.25) is 9.59 Å². The monoisotopic (exact) mass is 564 g/mol. The van der Waals surface area contributed by atoms with Crippen LogP contribution in [0.4, 0.5) is 5.69 Å². The van der Waals surface area contributed by atoms with Crippen molar-refractivity contribution in [3.05, 3.63) is 58.4 Å². The molecule has 0 radical (unpaired) electrons. The van der Waals surface area contributed by atoms with Gasteiger partial charge in [0.1, 0.15) is 0 Å². The number of phenolic OH excluding ortho intramolecular Hbond substituents is 1. The number of methoxy groups -OCH3 is 1. The van der Waals surface area contributed by atoms with Crippen molar-refractivity contribution in [3.63, 3.8) is 0 Å². The lowest BCUT2D eigenvalue weighted by Gasteiger charge is -2.16. The number of rotatable bonds is 17.